The first-order valence-corrected chi connectivity index (χ1v) is 5.22. The van der Waals surface area contributed by atoms with Crippen LogP contribution in [0.2, 0.25) is 0 Å². The van der Waals surface area contributed by atoms with E-state index in [2.05, 4.69) is 5.32 Å². The Balaban J connectivity index is 2.33. The molecule has 86 valence electrons. The Morgan fingerprint density at radius 3 is 2.87 bits per heavy atom. The van der Waals surface area contributed by atoms with Crippen LogP contribution in [0, 0.1) is 0 Å². The fourth-order valence-corrected chi connectivity index (χ4v) is 1.72. The molecule has 1 heterocycles. The molecule has 1 saturated heterocycles. The van der Waals surface area contributed by atoms with Gasteiger partial charge in [-0.05, 0) is 0 Å². The second-order valence-electron chi connectivity index (χ2n) is 3.07. The van der Waals surface area contributed by atoms with Gasteiger partial charge in [-0.25, -0.2) is 8.78 Å². The molecule has 0 saturated carbocycles. The lowest BCUT2D eigenvalue weighted by Crippen LogP contribution is -2.48. The van der Waals surface area contributed by atoms with Gasteiger partial charge in [0.15, 0.2) is 0 Å². The number of nitrogens with one attached hydrogen (secondary N) is 2. The van der Waals surface area contributed by atoms with Crippen LogP contribution in [0.5, 0.6) is 0 Å². The molecule has 0 aliphatic carbocycles. The molecule has 8 heteroatoms. The molecule has 5 nitrogen and oxygen atoms in total. The first kappa shape index (κ1) is 12.2. The van der Waals surface area contributed by atoms with Crippen LogP contribution in [-0.4, -0.2) is 42.0 Å². The van der Waals surface area contributed by atoms with Crippen LogP contribution in [0.3, 0.4) is 0 Å². The number of carbonyl (C=O) groups is 2. The van der Waals surface area contributed by atoms with Gasteiger partial charge in [-0.3, -0.25) is 9.59 Å². The van der Waals surface area contributed by atoms with Gasteiger partial charge in [0, 0.05) is 5.75 Å². The van der Waals surface area contributed by atoms with E-state index in [1.165, 1.54) is 0 Å². The van der Waals surface area contributed by atoms with Crippen LogP contribution in [0.1, 0.15) is 0 Å². The first-order chi connectivity index (χ1) is 6.94. The van der Waals surface area contributed by atoms with Crippen LogP contribution in [-0.2, 0) is 4.79 Å². The Labute approximate surface area is 89.1 Å². The number of amides is 2. The average Bonchev–Trinajstić information content (AvgIpc) is 2.61. The number of halogens is 2. The van der Waals surface area contributed by atoms with E-state index in [0.717, 1.165) is 11.8 Å². The summed E-state index contributed by atoms with van der Waals surface area (Å²) in [5.41, 5.74) is 4.79. The zero-order chi connectivity index (χ0) is 11.5. The van der Waals surface area contributed by atoms with Crippen molar-refractivity contribution in [3.63, 3.8) is 0 Å². The maximum Gasteiger partial charge on any atom is 0.279 e. The third-order valence-electron chi connectivity index (χ3n) is 1.81. The zero-order valence-corrected chi connectivity index (χ0v) is 8.57. The van der Waals surface area contributed by atoms with Gasteiger partial charge in [-0.1, -0.05) is 11.8 Å². The number of thioether (sulfide) groups is 1. The molecule has 1 aliphatic rings. The molecule has 0 radical (unpaired) electrons. The third-order valence-corrected chi connectivity index (χ3v) is 2.69. The highest BCUT2D eigenvalue weighted by Crippen LogP contribution is 2.13. The summed E-state index contributed by atoms with van der Waals surface area (Å²) in [6.07, 6.45) is 0. The van der Waals surface area contributed by atoms with Gasteiger partial charge in [-0.15, -0.1) is 0 Å². The Kier molecular flexibility index (Phi) is 3.86. The van der Waals surface area contributed by atoms with Crippen molar-refractivity contribution in [3.8, 4) is 0 Å². The SMILES string of the molecule is NCC(F)(F)CNC(=O)C1CSC(=O)N1. The van der Waals surface area contributed by atoms with Crippen molar-refractivity contribution in [2.45, 2.75) is 12.0 Å². The molecule has 0 aromatic heterocycles. The molecular weight excluding hydrogens is 228 g/mol. The van der Waals surface area contributed by atoms with Crippen molar-refractivity contribution in [2.24, 2.45) is 5.73 Å². The normalized spacial score (nSPS) is 21.3. The summed E-state index contributed by atoms with van der Waals surface area (Å²) in [7, 11) is 0. The largest absolute Gasteiger partial charge is 0.348 e. The molecule has 4 N–H and O–H groups in total. The van der Waals surface area contributed by atoms with Gasteiger partial charge in [0.05, 0.1) is 13.1 Å². The van der Waals surface area contributed by atoms with E-state index < -0.39 is 31.0 Å². The van der Waals surface area contributed by atoms with Crippen molar-refractivity contribution in [1.29, 1.82) is 0 Å². The highest BCUT2D eigenvalue weighted by Gasteiger charge is 2.31. The smallest absolute Gasteiger partial charge is 0.279 e. The monoisotopic (exact) mass is 239 g/mol. The van der Waals surface area contributed by atoms with Gasteiger partial charge in [0.2, 0.25) is 5.91 Å². The molecule has 1 atom stereocenters. The minimum atomic E-state index is -3.11. The van der Waals surface area contributed by atoms with E-state index >= 15 is 0 Å². The predicted molar refractivity (Wildman–Crippen MR) is 51.8 cm³/mol. The minimum Gasteiger partial charge on any atom is -0.348 e. The number of hydrogen-bond donors (Lipinski definition) is 3. The fraction of sp³-hybridized carbons (Fsp3) is 0.714. The van der Waals surface area contributed by atoms with Gasteiger partial charge in [0.1, 0.15) is 6.04 Å². The lowest BCUT2D eigenvalue weighted by Gasteiger charge is -2.16. The molecule has 0 aromatic rings. The summed E-state index contributed by atoms with van der Waals surface area (Å²) < 4.78 is 25.3. The number of rotatable bonds is 4. The maximum absolute atomic E-state index is 12.6. The van der Waals surface area contributed by atoms with Crippen molar-refractivity contribution in [2.75, 3.05) is 18.8 Å². The van der Waals surface area contributed by atoms with Crippen molar-refractivity contribution in [3.05, 3.63) is 0 Å². The number of carbonyl (C=O) groups excluding carboxylic acids is 2. The van der Waals surface area contributed by atoms with Crippen molar-refractivity contribution in [1.82, 2.24) is 10.6 Å². The third kappa shape index (κ3) is 3.63. The summed E-state index contributed by atoms with van der Waals surface area (Å²) in [6.45, 7) is -1.63. The summed E-state index contributed by atoms with van der Waals surface area (Å²) in [5, 5.41) is 4.06. The second kappa shape index (κ2) is 4.75. The number of alkyl halides is 2. The van der Waals surface area contributed by atoms with Gasteiger partial charge < -0.3 is 16.4 Å². The highest BCUT2D eigenvalue weighted by atomic mass is 32.2. The lowest BCUT2D eigenvalue weighted by molar-refractivity contribution is -0.124. The predicted octanol–water partition coefficient (Wildman–Crippen LogP) is -0.478. The molecule has 2 amide bonds. The van der Waals surface area contributed by atoms with Gasteiger partial charge in [0.25, 0.3) is 11.2 Å². The van der Waals surface area contributed by atoms with E-state index in [1.807, 2.05) is 5.32 Å². The fourth-order valence-electron chi connectivity index (χ4n) is 0.938. The van der Waals surface area contributed by atoms with Crippen LogP contribution in [0.25, 0.3) is 0 Å². The van der Waals surface area contributed by atoms with Crippen molar-refractivity contribution >= 4 is 22.9 Å². The standard InChI is InChI=1S/C7H11F2N3O2S/c8-7(9,2-10)3-11-5(13)4-1-15-6(14)12-4/h4H,1-3,10H2,(H,11,13)(H,12,14). The number of hydrogen-bond acceptors (Lipinski definition) is 4. The molecule has 0 spiro atoms. The Morgan fingerprint density at radius 1 is 1.73 bits per heavy atom. The molecule has 0 bridgehead atoms. The first-order valence-electron chi connectivity index (χ1n) is 4.23. The average molecular weight is 239 g/mol. The Bertz CT molecular complexity index is 275. The number of nitrogens with two attached hydrogens (primary N) is 1. The van der Waals surface area contributed by atoms with Crippen LogP contribution < -0.4 is 16.4 Å². The summed E-state index contributed by atoms with van der Waals surface area (Å²) in [5.74, 6) is -3.45. The van der Waals surface area contributed by atoms with E-state index in [0.29, 0.717) is 0 Å². The van der Waals surface area contributed by atoms with Gasteiger partial charge in [-0.2, -0.15) is 0 Å². The summed E-state index contributed by atoms with van der Waals surface area (Å²) in [6, 6.07) is -0.726. The maximum atomic E-state index is 12.6. The molecule has 1 rings (SSSR count). The highest BCUT2D eigenvalue weighted by molar-refractivity contribution is 8.14. The van der Waals surface area contributed by atoms with Gasteiger partial charge >= 0.3 is 0 Å². The molecule has 1 unspecified atom stereocenters. The minimum absolute atomic E-state index is 0.263. The zero-order valence-electron chi connectivity index (χ0n) is 7.76. The quantitative estimate of drug-likeness (QED) is 0.618. The van der Waals surface area contributed by atoms with Crippen LogP contribution in [0.4, 0.5) is 13.6 Å². The molecule has 15 heavy (non-hydrogen) atoms. The molecule has 1 fully saturated rings. The molecule has 1 aliphatic heterocycles. The second-order valence-corrected chi connectivity index (χ2v) is 4.07. The summed E-state index contributed by atoms with van der Waals surface area (Å²) in [4.78, 5) is 22.0. The lowest BCUT2D eigenvalue weighted by atomic mass is 10.3. The van der Waals surface area contributed by atoms with Crippen LogP contribution >= 0.6 is 11.8 Å². The Hall–Kier alpha value is -0.890. The van der Waals surface area contributed by atoms with E-state index in [1.54, 1.807) is 0 Å². The molecule has 0 aromatic carbocycles. The van der Waals surface area contributed by atoms with Crippen LogP contribution in [0.15, 0.2) is 0 Å². The molecular formula is C7H11F2N3O2S. The van der Waals surface area contributed by atoms with E-state index in [9.17, 15) is 18.4 Å². The Morgan fingerprint density at radius 2 is 2.40 bits per heavy atom. The van der Waals surface area contributed by atoms with E-state index in [-0.39, 0.29) is 11.0 Å². The topological polar surface area (TPSA) is 84.2 Å². The van der Waals surface area contributed by atoms with Crippen molar-refractivity contribution < 1.29 is 18.4 Å². The van der Waals surface area contributed by atoms with E-state index in [4.69, 9.17) is 5.73 Å². The summed E-state index contributed by atoms with van der Waals surface area (Å²) >= 11 is 0.950.